The van der Waals surface area contributed by atoms with Gasteiger partial charge >= 0.3 is 0 Å². The Labute approximate surface area is 126 Å². The Morgan fingerprint density at radius 3 is 2.80 bits per heavy atom. The van der Waals surface area contributed by atoms with Crippen LogP contribution < -0.4 is 11.3 Å². The third-order valence-corrected chi connectivity index (χ3v) is 3.67. The second kappa shape index (κ2) is 6.47. The van der Waals surface area contributed by atoms with Crippen LogP contribution in [0.15, 0.2) is 28.9 Å². The van der Waals surface area contributed by atoms with Crippen molar-refractivity contribution in [1.29, 1.82) is 0 Å². The number of benzene rings is 1. The Kier molecular flexibility index (Phi) is 4.91. The van der Waals surface area contributed by atoms with E-state index < -0.39 is 0 Å². The Morgan fingerprint density at radius 2 is 2.20 bits per heavy atom. The summed E-state index contributed by atoms with van der Waals surface area (Å²) in [6, 6.07) is 4.77. The topological polar surface area (TPSA) is 55.9 Å². The zero-order chi connectivity index (χ0) is 14.7. The van der Waals surface area contributed by atoms with Gasteiger partial charge in [0.1, 0.15) is 5.82 Å². The van der Waals surface area contributed by atoms with Gasteiger partial charge in [-0.3, -0.25) is 16.0 Å². The molecule has 0 aliphatic heterocycles. The molecule has 0 saturated heterocycles. The number of nitrogens with zero attached hydrogens (tertiary/aromatic N) is 2. The van der Waals surface area contributed by atoms with Crippen LogP contribution in [0.2, 0.25) is 0 Å². The van der Waals surface area contributed by atoms with E-state index in [0.29, 0.717) is 6.42 Å². The van der Waals surface area contributed by atoms with Crippen LogP contribution in [0.1, 0.15) is 29.8 Å². The van der Waals surface area contributed by atoms with E-state index in [2.05, 4.69) is 33.4 Å². The van der Waals surface area contributed by atoms with Crippen molar-refractivity contribution in [3.63, 3.8) is 0 Å². The first-order valence-electron chi connectivity index (χ1n) is 6.47. The molecular weight excluding hydrogens is 323 g/mol. The molecule has 0 aliphatic carbocycles. The van der Waals surface area contributed by atoms with E-state index in [0.717, 1.165) is 27.7 Å². The van der Waals surface area contributed by atoms with Crippen LogP contribution >= 0.6 is 15.9 Å². The molecule has 6 heteroatoms. The highest BCUT2D eigenvalue weighted by Crippen LogP contribution is 2.23. The van der Waals surface area contributed by atoms with Gasteiger partial charge in [-0.15, -0.1) is 0 Å². The summed E-state index contributed by atoms with van der Waals surface area (Å²) in [5.74, 6) is 5.41. The third kappa shape index (κ3) is 3.45. The van der Waals surface area contributed by atoms with E-state index in [-0.39, 0.29) is 11.9 Å². The molecule has 1 unspecified atom stereocenters. The Balaban J connectivity index is 2.28. The molecule has 1 aromatic heterocycles. The predicted octanol–water partition coefficient (Wildman–Crippen LogP) is 2.63. The summed E-state index contributed by atoms with van der Waals surface area (Å²) >= 11 is 3.31. The Morgan fingerprint density at radius 1 is 1.45 bits per heavy atom. The summed E-state index contributed by atoms with van der Waals surface area (Å²) in [4.78, 5) is 0. The maximum absolute atomic E-state index is 13.4. The van der Waals surface area contributed by atoms with Crippen molar-refractivity contribution in [2.24, 2.45) is 12.9 Å². The van der Waals surface area contributed by atoms with Crippen molar-refractivity contribution in [3.05, 3.63) is 51.5 Å². The van der Waals surface area contributed by atoms with Crippen LogP contribution in [0.25, 0.3) is 0 Å². The standard InChI is InChI=1S/C14H18BrFN4/c1-3-13-12(8-20(2)19-13)14(18-17)6-9-4-10(15)7-11(16)5-9/h4-5,7-8,14,18H,3,6,17H2,1-2H3. The quantitative estimate of drug-likeness (QED) is 0.649. The Bertz CT molecular complexity index is 577. The summed E-state index contributed by atoms with van der Waals surface area (Å²) in [5.41, 5.74) is 5.74. The largest absolute Gasteiger partial charge is 0.275 e. The van der Waals surface area contributed by atoms with Gasteiger partial charge in [0.15, 0.2) is 0 Å². The lowest BCUT2D eigenvalue weighted by molar-refractivity contribution is 0.544. The lowest BCUT2D eigenvalue weighted by Crippen LogP contribution is -2.30. The summed E-state index contributed by atoms with van der Waals surface area (Å²) in [5, 5.41) is 4.41. The van der Waals surface area contributed by atoms with Gasteiger partial charge in [-0.25, -0.2) is 4.39 Å². The van der Waals surface area contributed by atoms with E-state index in [1.165, 1.54) is 12.1 Å². The molecule has 2 aromatic rings. The monoisotopic (exact) mass is 340 g/mol. The maximum atomic E-state index is 13.4. The van der Waals surface area contributed by atoms with Gasteiger partial charge in [0.25, 0.3) is 0 Å². The fraction of sp³-hybridized carbons (Fsp3) is 0.357. The summed E-state index contributed by atoms with van der Waals surface area (Å²) in [7, 11) is 1.88. The highest BCUT2D eigenvalue weighted by Gasteiger charge is 2.17. The van der Waals surface area contributed by atoms with Crippen LogP contribution in [-0.2, 0) is 19.9 Å². The number of halogens is 2. The highest BCUT2D eigenvalue weighted by molar-refractivity contribution is 9.10. The molecule has 0 amide bonds. The lowest BCUT2D eigenvalue weighted by atomic mass is 9.99. The molecule has 0 saturated carbocycles. The van der Waals surface area contributed by atoms with E-state index in [1.54, 1.807) is 4.68 Å². The second-order valence-corrected chi connectivity index (χ2v) is 5.68. The van der Waals surface area contributed by atoms with Gasteiger partial charge in [0, 0.05) is 23.3 Å². The van der Waals surface area contributed by atoms with Crippen LogP contribution in [0.4, 0.5) is 4.39 Å². The summed E-state index contributed by atoms with van der Waals surface area (Å²) < 4.78 is 15.9. The molecule has 0 radical (unpaired) electrons. The summed E-state index contributed by atoms with van der Waals surface area (Å²) in [6.45, 7) is 2.05. The SMILES string of the molecule is CCc1nn(C)cc1C(Cc1cc(F)cc(Br)c1)NN. The zero-order valence-corrected chi connectivity index (χ0v) is 13.1. The fourth-order valence-electron chi connectivity index (χ4n) is 2.34. The molecule has 1 heterocycles. The van der Waals surface area contributed by atoms with Gasteiger partial charge in [0.2, 0.25) is 0 Å². The van der Waals surface area contributed by atoms with Crippen molar-refractivity contribution in [2.45, 2.75) is 25.8 Å². The van der Waals surface area contributed by atoms with Gasteiger partial charge < -0.3 is 0 Å². The van der Waals surface area contributed by atoms with Crippen LogP contribution in [0.3, 0.4) is 0 Å². The normalized spacial score (nSPS) is 12.7. The number of aromatic nitrogens is 2. The third-order valence-electron chi connectivity index (χ3n) is 3.21. The molecule has 0 aliphatic rings. The first kappa shape index (κ1) is 15.2. The minimum atomic E-state index is -0.257. The smallest absolute Gasteiger partial charge is 0.124 e. The number of nitrogens with one attached hydrogen (secondary N) is 1. The van der Waals surface area contributed by atoms with Crippen molar-refractivity contribution < 1.29 is 4.39 Å². The van der Waals surface area contributed by atoms with E-state index in [1.807, 2.05) is 19.3 Å². The molecule has 1 atom stereocenters. The molecular formula is C14H18BrFN4. The highest BCUT2D eigenvalue weighted by atomic mass is 79.9. The van der Waals surface area contributed by atoms with Crippen molar-refractivity contribution >= 4 is 15.9 Å². The molecule has 108 valence electrons. The first-order valence-corrected chi connectivity index (χ1v) is 7.26. The van der Waals surface area contributed by atoms with E-state index in [9.17, 15) is 4.39 Å². The van der Waals surface area contributed by atoms with Gasteiger partial charge in [-0.05, 0) is 36.6 Å². The van der Waals surface area contributed by atoms with Crippen molar-refractivity contribution in [3.8, 4) is 0 Å². The average Bonchev–Trinajstić information content (AvgIpc) is 2.76. The van der Waals surface area contributed by atoms with Gasteiger partial charge in [-0.2, -0.15) is 5.10 Å². The number of aryl methyl sites for hydroxylation is 2. The number of hydrogen-bond donors (Lipinski definition) is 2. The number of rotatable bonds is 5. The number of hydrogen-bond acceptors (Lipinski definition) is 3. The fourth-order valence-corrected chi connectivity index (χ4v) is 2.85. The van der Waals surface area contributed by atoms with Crippen molar-refractivity contribution in [1.82, 2.24) is 15.2 Å². The Hall–Kier alpha value is -1.24. The molecule has 2 rings (SSSR count). The zero-order valence-electron chi connectivity index (χ0n) is 11.5. The minimum absolute atomic E-state index is 0.0904. The second-order valence-electron chi connectivity index (χ2n) is 4.76. The first-order chi connectivity index (χ1) is 9.53. The molecule has 3 N–H and O–H groups in total. The van der Waals surface area contributed by atoms with Gasteiger partial charge in [0.05, 0.1) is 11.7 Å². The summed E-state index contributed by atoms with van der Waals surface area (Å²) in [6.07, 6.45) is 3.39. The number of nitrogens with two attached hydrogens (primary N) is 1. The predicted molar refractivity (Wildman–Crippen MR) is 80.5 cm³/mol. The van der Waals surface area contributed by atoms with E-state index >= 15 is 0 Å². The molecule has 4 nitrogen and oxygen atoms in total. The van der Waals surface area contributed by atoms with Crippen LogP contribution in [-0.4, -0.2) is 9.78 Å². The molecule has 0 spiro atoms. The molecule has 20 heavy (non-hydrogen) atoms. The van der Waals surface area contributed by atoms with Crippen molar-refractivity contribution in [2.75, 3.05) is 0 Å². The van der Waals surface area contributed by atoms with E-state index in [4.69, 9.17) is 5.84 Å². The van der Waals surface area contributed by atoms with Gasteiger partial charge in [-0.1, -0.05) is 22.9 Å². The van der Waals surface area contributed by atoms with Crippen LogP contribution in [0.5, 0.6) is 0 Å². The molecule has 1 aromatic carbocycles. The van der Waals surface area contributed by atoms with Crippen LogP contribution in [0, 0.1) is 5.82 Å². The average molecular weight is 341 g/mol. The number of hydrazine groups is 1. The molecule has 0 bridgehead atoms. The molecule has 0 fully saturated rings. The minimum Gasteiger partial charge on any atom is -0.275 e. The maximum Gasteiger partial charge on any atom is 0.124 e. The lowest BCUT2D eigenvalue weighted by Gasteiger charge is -2.16.